The van der Waals surface area contributed by atoms with Crippen molar-refractivity contribution in [3.05, 3.63) is 16.6 Å². The molecule has 1 aliphatic carbocycles. The molecule has 1 aromatic rings. The third-order valence-corrected chi connectivity index (χ3v) is 4.61. The van der Waals surface area contributed by atoms with Gasteiger partial charge in [-0.15, -0.1) is 11.3 Å². The first-order valence-corrected chi connectivity index (χ1v) is 8.05. The molecule has 1 heterocycles. The number of rotatable bonds is 6. The molecule has 1 amide bonds. The summed E-state index contributed by atoms with van der Waals surface area (Å²) in [6, 6.07) is -0.348. The van der Waals surface area contributed by atoms with Crippen LogP contribution >= 0.6 is 11.3 Å². The van der Waals surface area contributed by atoms with E-state index in [0.29, 0.717) is 12.5 Å². The molecule has 0 radical (unpaired) electrons. The maximum absolute atomic E-state index is 11.9. The summed E-state index contributed by atoms with van der Waals surface area (Å²) >= 11 is 1.62. The minimum Gasteiger partial charge on any atom is -0.354 e. The molecule has 1 aliphatic rings. The number of nitrogens with zero attached hydrogens (tertiary/aromatic N) is 1. The third-order valence-electron chi connectivity index (χ3n) is 3.77. The van der Waals surface area contributed by atoms with E-state index >= 15 is 0 Å². The zero-order valence-corrected chi connectivity index (χ0v) is 12.1. The van der Waals surface area contributed by atoms with Gasteiger partial charge in [-0.25, -0.2) is 4.98 Å². The van der Waals surface area contributed by atoms with Crippen LogP contribution in [0.1, 0.15) is 43.5 Å². The molecule has 5 heteroatoms. The Labute approximate surface area is 118 Å². The fraction of sp³-hybridized carbons (Fsp3) is 0.714. The number of carbonyl (C=O) groups is 1. The topological polar surface area (TPSA) is 68.0 Å². The van der Waals surface area contributed by atoms with Crippen LogP contribution < -0.4 is 11.1 Å². The lowest BCUT2D eigenvalue weighted by atomic mass is 9.85. The van der Waals surface area contributed by atoms with Crippen molar-refractivity contribution >= 4 is 17.2 Å². The van der Waals surface area contributed by atoms with Gasteiger partial charge in [0.05, 0.1) is 11.0 Å². The molecular formula is C14H23N3OS. The molecule has 19 heavy (non-hydrogen) atoms. The van der Waals surface area contributed by atoms with E-state index in [1.165, 1.54) is 32.1 Å². The Morgan fingerprint density at radius 1 is 1.47 bits per heavy atom. The second-order valence-electron chi connectivity index (χ2n) is 5.31. The van der Waals surface area contributed by atoms with Gasteiger partial charge in [-0.1, -0.05) is 32.1 Å². The van der Waals surface area contributed by atoms with Gasteiger partial charge in [0.25, 0.3) is 0 Å². The largest absolute Gasteiger partial charge is 0.354 e. The smallest absolute Gasteiger partial charge is 0.236 e. The van der Waals surface area contributed by atoms with Gasteiger partial charge in [0.2, 0.25) is 5.91 Å². The Bertz CT molecular complexity index is 374. The van der Waals surface area contributed by atoms with Gasteiger partial charge >= 0.3 is 0 Å². The van der Waals surface area contributed by atoms with Gasteiger partial charge in [0, 0.05) is 24.5 Å². The number of carbonyl (C=O) groups excluding carboxylic acids is 1. The van der Waals surface area contributed by atoms with Gasteiger partial charge in [-0.2, -0.15) is 0 Å². The molecule has 0 aliphatic heterocycles. The van der Waals surface area contributed by atoms with E-state index in [1.807, 2.05) is 5.38 Å². The predicted molar refractivity (Wildman–Crippen MR) is 78.0 cm³/mol. The van der Waals surface area contributed by atoms with Crippen LogP contribution in [0.4, 0.5) is 0 Å². The van der Waals surface area contributed by atoms with Gasteiger partial charge in [-0.05, 0) is 12.3 Å². The molecule has 0 bridgehead atoms. The van der Waals surface area contributed by atoms with E-state index in [0.717, 1.165) is 17.8 Å². The van der Waals surface area contributed by atoms with Crippen LogP contribution in [0.2, 0.25) is 0 Å². The van der Waals surface area contributed by atoms with Crippen LogP contribution in [-0.2, 0) is 11.2 Å². The highest BCUT2D eigenvalue weighted by Gasteiger charge is 2.20. The van der Waals surface area contributed by atoms with Crippen molar-refractivity contribution in [2.75, 3.05) is 6.54 Å². The van der Waals surface area contributed by atoms with E-state index < -0.39 is 0 Å². The van der Waals surface area contributed by atoms with Crippen molar-refractivity contribution in [2.45, 2.75) is 51.0 Å². The van der Waals surface area contributed by atoms with Crippen molar-refractivity contribution in [3.8, 4) is 0 Å². The predicted octanol–water partition coefficient (Wildman–Crippen LogP) is 2.10. The second kappa shape index (κ2) is 7.60. The number of nitrogens with one attached hydrogen (secondary N) is 1. The second-order valence-corrected chi connectivity index (χ2v) is 6.29. The van der Waals surface area contributed by atoms with Gasteiger partial charge in [-0.3, -0.25) is 4.79 Å². The molecule has 4 nitrogen and oxygen atoms in total. The summed E-state index contributed by atoms with van der Waals surface area (Å²) in [7, 11) is 0. The molecule has 106 valence electrons. The molecule has 2 rings (SSSR count). The van der Waals surface area contributed by atoms with Crippen LogP contribution in [0.3, 0.4) is 0 Å². The Hall–Kier alpha value is -0.940. The first-order valence-electron chi connectivity index (χ1n) is 7.17. The van der Waals surface area contributed by atoms with Crippen LogP contribution in [-0.4, -0.2) is 23.5 Å². The van der Waals surface area contributed by atoms with Crippen LogP contribution in [0, 0.1) is 5.92 Å². The quantitative estimate of drug-likeness (QED) is 0.839. The van der Waals surface area contributed by atoms with Crippen LogP contribution in [0.5, 0.6) is 0 Å². The zero-order valence-electron chi connectivity index (χ0n) is 11.3. The monoisotopic (exact) mass is 281 g/mol. The third kappa shape index (κ3) is 4.91. The van der Waals surface area contributed by atoms with Crippen molar-refractivity contribution in [2.24, 2.45) is 11.7 Å². The van der Waals surface area contributed by atoms with E-state index in [-0.39, 0.29) is 11.9 Å². The van der Waals surface area contributed by atoms with Crippen LogP contribution in [0.25, 0.3) is 0 Å². The van der Waals surface area contributed by atoms with E-state index in [9.17, 15) is 4.79 Å². The summed E-state index contributed by atoms with van der Waals surface area (Å²) < 4.78 is 0. The average Bonchev–Trinajstić information content (AvgIpc) is 2.93. The van der Waals surface area contributed by atoms with E-state index in [4.69, 9.17) is 5.73 Å². The summed E-state index contributed by atoms with van der Waals surface area (Å²) in [5, 5.41) is 5.92. The number of hydrogen-bond acceptors (Lipinski definition) is 4. The molecular weight excluding hydrogens is 258 g/mol. The summed E-state index contributed by atoms with van der Waals surface area (Å²) in [5.41, 5.74) is 5.98. The Balaban J connectivity index is 1.64. The van der Waals surface area contributed by atoms with Crippen LogP contribution in [0.15, 0.2) is 11.6 Å². The number of aromatic nitrogens is 1. The minimum atomic E-state index is -0.348. The Morgan fingerprint density at radius 2 is 2.26 bits per heavy atom. The lowest BCUT2D eigenvalue weighted by Gasteiger charge is -2.24. The van der Waals surface area contributed by atoms with Crippen molar-refractivity contribution in [3.63, 3.8) is 0 Å². The molecule has 1 aromatic heterocycles. The molecule has 1 saturated carbocycles. The fourth-order valence-corrected chi connectivity index (χ4v) is 3.31. The van der Waals surface area contributed by atoms with Crippen molar-refractivity contribution in [1.29, 1.82) is 0 Å². The average molecular weight is 281 g/mol. The van der Waals surface area contributed by atoms with E-state index in [1.54, 1.807) is 17.5 Å². The molecule has 0 spiro atoms. The first kappa shape index (κ1) is 14.5. The van der Waals surface area contributed by atoms with E-state index in [2.05, 4.69) is 10.3 Å². The number of amides is 1. The molecule has 0 saturated heterocycles. The SMILES string of the molecule is NC(CC1CCCCC1)C(=O)NCCc1nccs1. The maximum Gasteiger partial charge on any atom is 0.236 e. The summed E-state index contributed by atoms with van der Waals surface area (Å²) in [5.74, 6) is 0.635. The Kier molecular flexibility index (Phi) is 5.79. The molecule has 3 N–H and O–H groups in total. The molecule has 1 unspecified atom stereocenters. The highest BCUT2D eigenvalue weighted by atomic mass is 32.1. The highest BCUT2D eigenvalue weighted by Crippen LogP contribution is 2.26. The van der Waals surface area contributed by atoms with Crippen molar-refractivity contribution < 1.29 is 4.79 Å². The Morgan fingerprint density at radius 3 is 2.95 bits per heavy atom. The standard InChI is InChI=1S/C14H23N3OS/c15-12(10-11-4-2-1-3-5-11)14(18)17-7-6-13-16-8-9-19-13/h8-9,11-12H,1-7,10,15H2,(H,17,18). The van der Waals surface area contributed by atoms with Gasteiger partial charge in [0.1, 0.15) is 0 Å². The summed E-state index contributed by atoms with van der Waals surface area (Å²) in [6.07, 6.45) is 9.82. The molecule has 0 aromatic carbocycles. The van der Waals surface area contributed by atoms with Gasteiger partial charge < -0.3 is 11.1 Å². The van der Waals surface area contributed by atoms with Gasteiger partial charge in [0.15, 0.2) is 0 Å². The summed E-state index contributed by atoms with van der Waals surface area (Å²) in [4.78, 5) is 16.1. The lowest BCUT2D eigenvalue weighted by Crippen LogP contribution is -2.42. The van der Waals surface area contributed by atoms with Crippen molar-refractivity contribution in [1.82, 2.24) is 10.3 Å². The lowest BCUT2D eigenvalue weighted by molar-refractivity contribution is -0.122. The molecule has 1 fully saturated rings. The highest BCUT2D eigenvalue weighted by molar-refractivity contribution is 7.09. The molecule has 1 atom stereocenters. The fourth-order valence-electron chi connectivity index (χ4n) is 2.69. The first-order chi connectivity index (χ1) is 9.25. The maximum atomic E-state index is 11.9. The number of nitrogens with two attached hydrogens (primary N) is 1. The number of hydrogen-bond donors (Lipinski definition) is 2. The minimum absolute atomic E-state index is 0.0119. The zero-order chi connectivity index (χ0) is 13.5. The normalized spacial score (nSPS) is 18.2. The summed E-state index contributed by atoms with van der Waals surface area (Å²) in [6.45, 7) is 0.630. The number of thiazole rings is 1.